The summed E-state index contributed by atoms with van der Waals surface area (Å²) in [5.41, 5.74) is 0.516. The normalized spacial score (nSPS) is 10.1. The lowest BCUT2D eigenvalue weighted by atomic mass is 10.2. The zero-order chi connectivity index (χ0) is 12.8. The second kappa shape index (κ2) is 6.56. The number of aromatic nitrogens is 1. The van der Waals surface area contributed by atoms with Crippen molar-refractivity contribution >= 4 is 27.7 Å². The van der Waals surface area contributed by atoms with Crippen LogP contribution in [0.15, 0.2) is 16.7 Å². The average Bonchev–Trinajstić information content (AvgIpc) is 2.34. The van der Waals surface area contributed by atoms with E-state index in [1.165, 1.54) is 0 Å². The van der Waals surface area contributed by atoms with Gasteiger partial charge in [-0.05, 0) is 28.4 Å². The summed E-state index contributed by atoms with van der Waals surface area (Å²) in [5.74, 6) is 0.436. The van der Waals surface area contributed by atoms with Gasteiger partial charge in [0.1, 0.15) is 5.82 Å². The molecule has 0 aliphatic rings. The van der Waals surface area contributed by atoms with Gasteiger partial charge in [0, 0.05) is 37.9 Å². The number of halogens is 1. The van der Waals surface area contributed by atoms with Crippen LogP contribution in [0.3, 0.4) is 0 Å². The fourth-order valence-electron chi connectivity index (χ4n) is 1.42. The molecule has 0 aliphatic heterocycles. The second-order valence-electron chi connectivity index (χ2n) is 3.60. The van der Waals surface area contributed by atoms with Gasteiger partial charge in [-0.2, -0.15) is 0 Å². The quantitative estimate of drug-likeness (QED) is 0.861. The van der Waals surface area contributed by atoms with Crippen molar-refractivity contribution < 1.29 is 9.90 Å². The first kappa shape index (κ1) is 13.9. The van der Waals surface area contributed by atoms with Crippen molar-refractivity contribution in [3.05, 3.63) is 22.3 Å². The maximum atomic E-state index is 12.1. The Kier molecular flexibility index (Phi) is 5.37. The number of nitrogens with one attached hydrogen (secondary N) is 1. The average molecular weight is 302 g/mol. The van der Waals surface area contributed by atoms with Crippen LogP contribution >= 0.6 is 15.9 Å². The minimum atomic E-state index is -0.114. The van der Waals surface area contributed by atoms with Crippen LogP contribution in [0.1, 0.15) is 16.8 Å². The van der Waals surface area contributed by atoms with E-state index in [-0.39, 0.29) is 12.5 Å². The molecule has 0 atom stereocenters. The number of carbonyl (C=O) groups excluding carboxylic acids is 1. The van der Waals surface area contributed by atoms with Crippen LogP contribution in [0, 0.1) is 0 Å². The molecule has 5 nitrogen and oxygen atoms in total. The molecule has 1 aromatic rings. The molecule has 17 heavy (non-hydrogen) atoms. The minimum absolute atomic E-state index is 0.0766. The molecule has 94 valence electrons. The molecule has 0 spiro atoms. The summed E-state index contributed by atoms with van der Waals surface area (Å²) >= 11 is 3.29. The van der Waals surface area contributed by atoms with Gasteiger partial charge in [0.25, 0.3) is 5.91 Å². The molecule has 0 fully saturated rings. The zero-order valence-electron chi connectivity index (χ0n) is 9.90. The molecule has 1 amide bonds. The number of aliphatic hydroxyl groups is 1. The first-order chi connectivity index (χ1) is 8.10. The van der Waals surface area contributed by atoms with E-state index in [0.717, 1.165) is 4.47 Å². The topological polar surface area (TPSA) is 65.5 Å². The summed E-state index contributed by atoms with van der Waals surface area (Å²) in [7, 11) is 3.43. The fourth-order valence-corrected chi connectivity index (χ4v) is 1.75. The fraction of sp³-hybridized carbons (Fsp3) is 0.455. The van der Waals surface area contributed by atoms with Gasteiger partial charge in [-0.3, -0.25) is 4.79 Å². The van der Waals surface area contributed by atoms with Crippen LogP contribution in [0.25, 0.3) is 0 Å². The van der Waals surface area contributed by atoms with E-state index in [9.17, 15) is 4.79 Å². The number of amides is 1. The third-order valence-corrected chi connectivity index (χ3v) is 2.75. The van der Waals surface area contributed by atoms with E-state index in [1.54, 1.807) is 31.3 Å². The maximum Gasteiger partial charge on any atom is 0.257 e. The molecule has 1 aromatic heterocycles. The molecule has 2 N–H and O–H groups in total. The summed E-state index contributed by atoms with van der Waals surface area (Å²) in [6, 6.07) is 1.73. The van der Waals surface area contributed by atoms with Crippen LogP contribution < -0.4 is 5.32 Å². The minimum Gasteiger partial charge on any atom is -0.396 e. The lowest BCUT2D eigenvalue weighted by Gasteiger charge is -2.18. The summed E-state index contributed by atoms with van der Waals surface area (Å²) in [6.45, 7) is 0.595. The van der Waals surface area contributed by atoms with Gasteiger partial charge in [-0.1, -0.05) is 0 Å². The van der Waals surface area contributed by atoms with Crippen LogP contribution in [0.2, 0.25) is 0 Å². The molecule has 0 saturated carbocycles. The molecule has 0 bridgehead atoms. The lowest BCUT2D eigenvalue weighted by molar-refractivity contribution is 0.0787. The third-order valence-electron chi connectivity index (χ3n) is 2.32. The molecule has 0 saturated heterocycles. The highest BCUT2D eigenvalue weighted by Gasteiger charge is 2.16. The smallest absolute Gasteiger partial charge is 0.257 e. The number of aliphatic hydroxyl groups excluding tert-OH is 1. The maximum absolute atomic E-state index is 12.1. The largest absolute Gasteiger partial charge is 0.396 e. The Morgan fingerprint density at radius 2 is 2.35 bits per heavy atom. The molecule has 1 heterocycles. The molecular weight excluding hydrogens is 286 g/mol. The van der Waals surface area contributed by atoms with Crippen molar-refractivity contribution in [3.8, 4) is 0 Å². The Bertz CT molecular complexity index is 398. The van der Waals surface area contributed by atoms with E-state index in [0.29, 0.717) is 24.3 Å². The van der Waals surface area contributed by atoms with Gasteiger partial charge < -0.3 is 15.3 Å². The molecule has 6 heteroatoms. The van der Waals surface area contributed by atoms with E-state index < -0.39 is 0 Å². The van der Waals surface area contributed by atoms with Crippen molar-refractivity contribution in [1.82, 2.24) is 9.88 Å². The van der Waals surface area contributed by atoms with E-state index in [4.69, 9.17) is 5.11 Å². The predicted octanol–water partition coefficient (Wildman–Crippen LogP) is 1.34. The summed E-state index contributed by atoms with van der Waals surface area (Å²) in [4.78, 5) is 17.8. The van der Waals surface area contributed by atoms with Crippen LogP contribution in [0.4, 0.5) is 5.82 Å². The number of hydrogen-bond donors (Lipinski definition) is 2. The highest BCUT2D eigenvalue weighted by atomic mass is 79.9. The molecule has 1 rings (SSSR count). The van der Waals surface area contributed by atoms with Gasteiger partial charge in [-0.15, -0.1) is 0 Å². The predicted molar refractivity (Wildman–Crippen MR) is 70.1 cm³/mol. The number of rotatable bonds is 5. The lowest BCUT2D eigenvalue weighted by Crippen LogP contribution is -2.29. The molecular formula is C11H16BrN3O2. The summed E-state index contributed by atoms with van der Waals surface area (Å²) in [5, 5.41) is 11.6. The SMILES string of the molecule is CNc1ncc(Br)cc1C(=O)N(C)CCCO. The van der Waals surface area contributed by atoms with Crippen LogP contribution in [0.5, 0.6) is 0 Å². The highest BCUT2D eigenvalue weighted by molar-refractivity contribution is 9.10. The monoisotopic (exact) mass is 301 g/mol. The Hall–Kier alpha value is -1.14. The van der Waals surface area contributed by atoms with Gasteiger partial charge in [0.2, 0.25) is 0 Å². The number of anilines is 1. The molecule has 0 unspecified atom stereocenters. The van der Waals surface area contributed by atoms with E-state index in [2.05, 4.69) is 26.2 Å². The highest BCUT2D eigenvalue weighted by Crippen LogP contribution is 2.19. The van der Waals surface area contributed by atoms with E-state index >= 15 is 0 Å². The van der Waals surface area contributed by atoms with E-state index in [1.807, 2.05) is 0 Å². The Labute approximate surface area is 109 Å². The van der Waals surface area contributed by atoms with Gasteiger partial charge >= 0.3 is 0 Å². The first-order valence-electron chi connectivity index (χ1n) is 5.29. The van der Waals surface area contributed by atoms with Crippen molar-refractivity contribution in [3.63, 3.8) is 0 Å². The van der Waals surface area contributed by atoms with Crippen molar-refractivity contribution in [1.29, 1.82) is 0 Å². The summed E-state index contributed by atoms with van der Waals surface area (Å²) < 4.78 is 0.760. The number of pyridine rings is 1. The van der Waals surface area contributed by atoms with Crippen molar-refractivity contribution in [2.45, 2.75) is 6.42 Å². The van der Waals surface area contributed by atoms with Gasteiger partial charge in [-0.25, -0.2) is 4.98 Å². The molecule has 0 aromatic carbocycles. The number of hydrogen-bond acceptors (Lipinski definition) is 4. The molecule has 0 aliphatic carbocycles. The van der Waals surface area contributed by atoms with Crippen LogP contribution in [-0.4, -0.2) is 48.1 Å². The standard InChI is InChI=1S/C11H16BrN3O2/c1-13-10-9(6-8(12)7-14-10)11(17)15(2)4-3-5-16/h6-7,16H,3-5H2,1-2H3,(H,13,14). The van der Waals surface area contributed by atoms with Gasteiger partial charge in [0.05, 0.1) is 5.56 Å². The Morgan fingerprint density at radius 3 is 2.94 bits per heavy atom. The number of carbonyl (C=O) groups is 1. The van der Waals surface area contributed by atoms with Crippen LogP contribution in [-0.2, 0) is 0 Å². The Balaban J connectivity index is 2.90. The van der Waals surface area contributed by atoms with Crippen molar-refractivity contribution in [2.75, 3.05) is 32.6 Å². The first-order valence-corrected chi connectivity index (χ1v) is 6.09. The van der Waals surface area contributed by atoms with Gasteiger partial charge in [0.15, 0.2) is 0 Å². The Morgan fingerprint density at radius 1 is 1.65 bits per heavy atom. The second-order valence-corrected chi connectivity index (χ2v) is 4.52. The number of nitrogens with zero attached hydrogens (tertiary/aromatic N) is 2. The summed E-state index contributed by atoms with van der Waals surface area (Å²) in [6.07, 6.45) is 2.20. The third kappa shape index (κ3) is 3.67. The molecule has 0 radical (unpaired) electrons. The zero-order valence-corrected chi connectivity index (χ0v) is 11.5. The van der Waals surface area contributed by atoms with Crippen molar-refractivity contribution in [2.24, 2.45) is 0 Å².